The third-order valence-electron chi connectivity index (χ3n) is 4.64. The van der Waals surface area contributed by atoms with Gasteiger partial charge in [-0.3, -0.25) is 11.3 Å². The van der Waals surface area contributed by atoms with Crippen molar-refractivity contribution in [1.29, 1.82) is 0 Å². The molecule has 5 heteroatoms. The molecule has 1 aromatic carbocycles. The van der Waals surface area contributed by atoms with Crippen LogP contribution < -0.4 is 11.3 Å². The standard InChI is InChI=1S/C16H23F3N2/c1-10-3-5-12(6-4-10)15(21-20)14-8-7-13(9-11(14)2)16(17,18)19/h7-10,12,15,21H,3-6,20H2,1-2H3. The van der Waals surface area contributed by atoms with E-state index in [1.165, 1.54) is 6.07 Å². The van der Waals surface area contributed by atoms with Gasteiger partial charge < -0.3 is 0 Å². The van der Waals surface area contributed by atoms with Crippen LogP contribution in [0.2, 0.25) is 0 Å². The van der Waals surface area contributed by atoms with E-state index in [1.54, 1.807) is 13.0 Å². The Labute approximate surface area is 123 Å². The van der Waals surface area contributed by atoms with E-state index < -0.39 is 11.7 Å². The fraction of sp³-hybridized carbons (Fsp3) is 0.625. The van der Waals surface area contributed by atoms with Gasteiger partial charge in [0, 0.05) is 6.04 Å². The SMILES string of the molecule is Cc1cc(C(F)(F)F)ccc1C(NN)C1CCC(C)CC1. The number of benzene rings is 1. The minimum atomic E-state index is -4.30. The minimum Gasteiger partial charge on any atom is -0.271 e. The van der Waals surface area contributed by atoms with Crippen LogP contribution in [0.25, 0.3) is 0 Å². The van der Waals surface area contributed by atoms with E-state index in [0.717, 1.165) is 43.2 Å². The predicted molar refractivity (Wildman–Crippen MR) is 77.4 cm³/mol. The lowest BCUT2D eigenvalue weighted by Crippen LogP contribution is -2.35. The smallest absolute Gasteiger partial charge is 0.271 e. The van der Waals surface area contributed by atoms with Gasteiger partial charge in [-0.25, -0.2) is 0 Å². The number of hydrogen-bond donors (Lipinski definition) is 2. The van der Waals surface area contributed by atoms with E-state index in [9.17, 15) is 13.2 Å². The molecule has 1 aliphatic rings. The molecule has 0 aliphatic heterocycles. The highest BCUT2D eigenvalue weighted by Crippen LogP contribution is 2.38. The maximum absolute atomic E-state index is 12.7. The first-order valence-corrected chi connectivity index (χ1v) is 7.46. The van der Waals surface area contributed by atoms with Crippen molar-refractivity contribution in [3.05, 3.63) is 34.9 Å². The van der Waals surface area contributed by atoms with E-state index in [0.29, 0.717) is 11.5 Å². The second kappa shape index (κ2) is 6.36. The third kappa shape index (κ3) is 3.77. The average Bonchev–Trinajstić information content (AvgIpc) is 2.42. The van der Waals surface area contributed by atoms with Crippen molar-refractivity contribution in [2.75, 3.05) is 0 Å². The molecule has 0 spiro atoms. The zero-order valence-electron chi connectivity index (χ0n) is 12.5. The summed E-state index contributed by atoms with van der Waals surface area (Å²) in [5.74, 6) is 6.81. The monoisotopic (exact) mass is 300 g/mol. The molecule has 1 atom stereocenters. The Hall–Kier alpha value is -1.07. The number of rotatable bonds is 3. The van der Waals surface area contributed by atoms with Gasteiger partial charge in [0.25, 0.3) is 0 Å². The number of hydrazine groups is 1. The summed E-state index contributed by atoms with van der Waals surface area (Å²) in [5, 5.41) is 0. The molecule has 1 aliphatic carbocycles. The lowest BCUT2D eigenvalue weighted by molar-refractivity contribution is -0.137. The van der Waals surface area contributed by atoms with Crippen LogP contribution in [0.15, 0.2) is 18.2 Å². The first-order valence-electron chi connectivity index (χ1n) is 7.46. The lowest BCUT2D eigenvalue weighted by Gasteiger charge is -2.33. The highest BCUT2D eigenvalue weighted by molar-refractivity contribution is 5.35. The number of aryl methyl sites for hydroxylation is 1. The first kappa shape index (κ1) is 16.3. The highest BCUT2D eigenvalue weighted by Gasteiger charge is 2.32. The number of alkyl halides is 3. The summed E-state index contributed by atoms with van der Waals surface area (Å²) in [6.45, 7) is 3.96. The van der Waals surface area contributed by atoms with E-state index in [2.05, 4.69) is 12.3 Å². The van der Waals surface area contributed by atoms with Crippen molar-refractivity contribution in [2.24, 2.45) is 17.7 Å². The molecule has 0 radical (unpaired) electrons. The normalized spacial score (nSPS) is 24.9. The minimum absolute atomic E-state index is 0.0696. The highest BCUT2D eigenvalue weighted by atomic mass is 19.4. The molecular weight excluding hydrogens is 277 g/mol. The molecule has 3 N–H and O–H groups in total. The average molecular weight is 300 g/mol. The zero-order chi connectivity index (χ0) is 15.6. The van der Waals surface area contributed by atoms with Gasteiger partial charge in [0.15, 0.2) is 0 Å². The van der Waals surface area contributed by atoms with Crippen molar-refractivity contribution in [3.8, 4) is 0 Å². The molecule has 1 aromatic rings. The molecule has 118 valence electrons. The molecule has 2 nitrogen and oxygen atoms in total. The lowest BCUT2D eigenvalue weighted by atomic mass is 9.77. The Bertz CT molecular complexity index is 477. The zero-order valence-corrected chi connectivity index (χ0v) is 12.5. The Morgan fingerprint density at radius 2 is 1.81 bits per heavy atom. The maximum atomic E-state index is 12.7. The predicted octanol–water partition coefficient (Wildman–Crippen LogP) is 4.34. The van der Waals surface area contributed by atoms with Gasteiger partial charge in [-0.2, -0.15) is 13.2 Å². The molecule has 0 saturated heterocycles. The van der Waals surface area contributed by atoms with Crippen LogP contribution in [0.5, 0.6) is 0 Å². The van der Waals surface area contributed by atoms with Crippen LogP contribution in [-0.4, -0.2) is 0 Å². The second-order valence-corrected chi connectivity index (χ2v) is 6.23. The molecule has 1 fully saturated rings. The molecular formula is C16H23F3N2. The van der Waals surface area contributed by atoms with Crippen molar-refractivity contribution >= 4 is 0 Å². The van der Waals surface area contributed by atoms with Crippen molar-refractivity contribution < 1.29 is 13.2 Å². The summed E-state index contributed by atoms with van der Waals surface area (Å²) in [5.41, 5.74) is 3.74. The van der Waals surface area contributed by atoms with Crippen LogP contribution in [0.4, 0.5) is 13.2 Å². The summed E-state index contributed by atoms with van der Waals surface area (Å²) in [6, 6.07) is 3.86. The summed E-state index contributed by atoms with van der Waals surface area (Å²) < 4.78 is 38.2. The Morgan fingerprint density at radius 1 is 1.19 bits per heavy atom. The molecule has 21 heavy (non-hydrogen) atoms. The molecule has 2 rings (SSSR count). The van der Waals surface area contributed by atoms with E-state index in [4.69, 9.17) is 5.84 Å². The maximum Gasteiger partial charge on any atom is 0.416 e. The van der Waals surface area contributed by atoms with Gasteiger partial charge in [0.1, 0.15) is 0 Å². The van der Waals surface area contributed by atoms with Gasteiger partial charge in [-0.1, -0.05) is 25.8 Å². The molecule has 1 saturated carbocycles. The third-order valence-corrected chi connectivity index (χ3v) is 4.64. The fourth-order valence-corrected chi connectivity index (χ4v) is 3.30. The van der Waals surface area contributed by atoms with Gasteiger partial charge in [-0.05, 0) is 54.9 Å². The fourth-order valence-electron chi connectivity index (χ4n) is 3.30. The summed E-state index contributed by atoms with van der Waals surface area (Å²) in [4.78, 5) is 0. The Balaban J connectivity index is 2.22. The quantitative estimate of drug-likeness (QED) is 0.643. The van der Waals surface area contributed by atoms with E-state index in [-0.39, 0.29) is 6.04 Å². The summed E-state index contributed by atoms with van der Waals surface area (Å²) in [7, 11) is 0. The first-order chi connectivity index (χ1) is 9.82. The van der Waals surface area contributed by atoms with Crippen LogP contribution in [0.1, 0.15) is 55.3 Å². The summed E-state index contributed by atoms with van der Waals surface area (Å²) in [6.07, 6.45) is 0.146. The van der Waals surface area contributed by atoms with Crippen LogP contribution >= 0.6 is 0 Å². The van der Waals surface area contributed by atoms with Crippen LogP contribution in [-0.2, 0) is 6.18 Å². The molecule has 1 unspecified atom stereocenters. The molecule has 0 bridgehead atoms. The van der Waals surface area contributed by atoms with Crippen molar-refractivity contribution in [2.45, 2.75) is 51.7 Å². The van der Waals surface area contributed by atoms with Crippen LogP contribution in [0, 0.1) is 18.8 Å². The van der Waals surface area contributed by atoms with Crippen molar-refractivity contribution in [3.63, 3.8) is 0 Å². The van der Waals surface area contributed by atoms with E-state index in [1.807, 2.05) is 0 Å². The number of halogens is 3. The number of nitrogens with one attached hydrogen (secondary N) is 1. The largest absolute Gasteiger partial charge is 0.416 e. The molecule has 0 amide bonds. The molecule has 0 aromatic heterocycles. The van der Waals surface area contributed by atoms with Crippen molar-refractivity contribution in [1.82, 2.24) is 5.43 Å². The Kier molecular flexibility index (Phi) is 4.94. The van der Waals surface area contributed by atoms with Gasteiger partial charge >= 0.3 is 6.18 Å². The van der Waals surface area contributed by atoms with E-state index >= 15 is 0 Å². The molecule has 0 heterocycles. The number of nitrogens with two attached hydrogens (primary N) is 1. The van der Waals surface area contributed by atoms with Gasteiger partial charge in [0.2, 0.25) is 0 Å². The Morgan fingerprint density at radius 3 is 2.29 bits per heavy atom. The van der Waals surface area contributed by atoms with Gasteiger partial charge in [-0.15, -0.1) is 0 Å². The topological polar surface area (TPSA) is 38.0 Å². The van der Waals surface area contributed by atoms with Crippen LogP contribution in [0.3, 0.4) is 0 Å². The summed E-state index contributed by atoms with van der Waals surface area (Å²) >= 11 is 0. The number of hydrogen-bond acceptors (Lipinski definition) is 2. The van der Waals surface area contributed by atoms with Gasteiger partial charge in [0.05, 0.1) is 5.56 Å². The second-order valence-electron chi connectivity index (χ2n) is 6.23.